The number of rotatable bonds is 0. The average molecular weight is 295 g/mol. The van der Waals surface area contributed by atoms with Gasteiger partial charge in [0, 0.05) is 0 Å². The molecule has 3 N–H and O–H groups in total. The van der Waals surface area contributed by atoms with Crippen LogP contribution in [0.2, 0.25) is 0 Å². The second kappa shape index (κ2) is 15.3. The summed E-state index contributed by atoms with van der Waals surface area (Å²) in [4.78, 5) is 0. The van der Waals surface area contributed by atoms with Gasteiger partial charge in [-0.3, -0.25) is 0 Å². The fraction of sp³-hybridized carbons (Fsp3) is 0. The van der Waals surface area contributed by atoms with E-state index < -0.39 is 14.5 Å². The van der Waals surface area contributed by atoms with Crippen molar-refractivity contribution >= 4 is 151 Å². The van der Waals surface area contributed by atoms with Crippen molar-refractivity contribution in [3.05, 3.63) is 0 Å². The van der Waals surface area contributed by atoms with Crippen molar-refractivity contribution in [3.8, 4) is 0 Å². The second-order valence-electron chi connectivity index (χ2n) is 0.513. The summed E-state index contributed by atoms with van der Waals surface area (Å²) in [5.74, 6) is 0. The van der Waals surface area contributed by atoms with Crippen LogP contribution in [0.3, 0.4) is 0 Å². The van der Waals surface area contributed by atoms with Gasteiger partial charge >= 0.3 is 167 Å². The van der Waals surface area contributed by atoms with Gasteiger partial charge < -0.3 is 11.4 Å². The first kappa shape index (κ1) is 29.2. The maximum Gasteiger partial charge on any atom is 2.00 e. The van der Waals surface area contributed by atoms with E-state index in [1.165, 1.54) is 0 Å². The first-order valence-electron chi connectivity index (χ1n) is 0.783. The van der Waals surface area contributed by atoms with Gasteiger partial charge in [0.15, 0.2) is 0 Å². The van der Waals surface area contributed by atoms with E-state index in [0.29, 0.717) is 0 Å². The molecule has 0 aromatic rings. The monoisotopic (exact) mass is 294 g/mol. The molecule has 0 aromatic heterocycles. The molecule has 0 rings (SSSR count). The average Bonchev–Trinajstić information content (AvgIpc) is 0.722. The molecular weight excluding hydrogens is 283 g/mol. The van der Waals surface area contributed by atoms with E-state index >= 15 is 0 Å². The molecule has 0 fully saturated rings. The van der Waals surface area contributed by atoms with E-state index in [1.807, 2.05) is 0 Å². The Morgan fingerprint density at radius 1 is 1.00 bits per heavy atom. The Labute approximate surface area is 174 Å². The van der Waals surface area contributed by atoms with E-state index in [0.717, 1.165) is 0 Å². The van der Waals surface area contributed by atoms with Crippen molar-refractivity contribution < 1.29 is 27.4 Å². The van der Waals surface area contributed by atoms with Gasteiger partial charge in [-0.05, 0) is 0 Å². The van der Waals surface area contributed by atoms with E-state index in [9.17, 15) is 0 Å². The Morgan fingerprint density at radius 2 is 1.00 bits per heavy atom. The minimum Gasteiger partial charge on any atom is -1.00 e. The topological polar surface area (TPSA) is 77.8 Å². The summed E-state index contributed by atoms with van der Waals surface area (Å²) in [6.07, 6.45) is 0. The third-order valence-corrected chi connectivity index (χ3v) is 0. The fourth-order valence-corrected chi connectivity index (χ4v) is 0. The van der Waals surface area contributed by atoms with Crippen LogP contribution >= 0.6 is 0 Å². The molecule has 0 heterocycles. The van der Waals surface area contributed by atoms with Crippen molar-refractivity contribution in [1.29, 1.82) is 0 Å². The van der Waals surface area contributed by atoms with Crippen LogP contribution in [0.15, 0.2) is 0 Å². The second-order valence-corrected chi connectivity index (χ2v) is 2.67. The molecule has 0 radical (unpaired) electrons. The zero-order chi connectivity index (χ0) is 4.50. The van der Waals surface area contributed by atoms with Crippen LogP contribution in [-0.2, 0) is 3.74 Å². The van der Waals surface area contributed by atoms with Gasteiger partial charge in [0.2, 0.25) is 0 Å². The quantitative estimate of drug-likeness (QED) is 0.422. The first-order chi connectivity index (χ1) is 2.00. The molecule has 9 heavy (non-hydrogen) atoms. The molecule has 0 saturated heterocycles. The molecule has 0 spiro atoms. The molecule has 0 atom stereocenters. The molecule has 9 heteroatoms. The summed E-state index contributed by atoms with van der Waals surface area (Å²) in [5.41, 5.74) is 0. The SMILES string of the molecule is O=[As](O)(O)O.[Ca+2].[Ca+2].[Ca+2].[H-].[H-].[H-].[H-].[H-].[H-].[H-].[H-].[Mg+2]. The molecule has 0 aliphatic carbocycles. The van der Waals surface area contributed by atoms with E-state index in [1.54, 1.807) is 0 Å². The van der Waals surface area contributed by atoms with Crippen molar-refractivity contribution in [2.75, 3.05) is 0 Å². The molecule has 48 valence electrons. The van der Waals surface area contributed by atoms with Crippen LogP contribution in [0.1, 0.15) is 11.4 Å². The zero-order valence-electron chi connectivity index (χ0n) is 13.0. The minimum absolute atomic E-state index is 0. The van der Waals surface area contributed by atoms with Gasteiger partial charge in [-0.25, -0.2) is 0 Å². The predicted molar refractivity (Wildman–Crippen MR) is 45.0 cm³/mol. The van der Waals surface area contributed by atoms with Crippen molar-refractivity contribution in [2.45, 2.75) is 0 Å². The molecule has 0 unspecified atom stereocenters. The fourth-order valence-electron chi connectivity index (χ4n) is 0. The van der Waals surface area contributed by atoms with Crippen LogP contribution in [0, 0.1) is 0 Å². The maximum atomic E-state index is 8.94. The van der Waals surface area contributed by atoms with E-state index in [4.69, 9.17) is 16.0 Å². The summed E-state index contributed by atoms with van der Waals surface area (Å²) in [6, 6.07) is 0. The predicted octanol–water partition coefficient (Wildman–Crippen LogP) is -2.79. The molecular formula is H11AsCa3MgO4. The summed E-state index contributed by atoms with van der Waals surface area (Å²) < 4.78 is 30.7. The largest absolute Gasteiger partial charge is 2.00 e. The molecule has 0 amide bonds. The third-order valence-electron chi connectivity index (χ3n) is 0. The number of hydrogen-bond donors (Lipinski definition) is 3. The Bertz CT molecular complexity index is 78.9. The summed E-state index contributed by atoms with van der Waals surface area (Å²) in [5, 5.41) is 0. The summed E-state index contributed by atoms with van der Waals surface area (Å²) in [7, 11) is 0. The maximum absolute atomic E-state index is 8.94. The Hall–Kier alpha value is 4.78. The normalized spacial score (nSPS) is 6.56. The van der Waals surface area contributed by atoms with Crippen molar-refractivity contribution in [3.63, 3.8) is 0 Å². The Kier molecular flexibility index (Phi) is 49.5. The van der Waals surface area contributed by atoms with Gasteiger partial charge in [0.25, 0.3) is 0 Å². The summed E-state index contributed by atoms with van der Waals surface area (Å²) >= 11 is -5.12. The van der Waals surface area contributed by atoms with Crippen LogP contribution in [-0.4, -0.2) is 163 Å². The van der Waals surface area contributed by atoms with Gasteiger partial charge in [-0.2, -0.15) is 0 Å². The minimum atomic E-state index is -5.12. The molecule has 4 nitrogen and oxygen atoms in total. The Balaban J connectivity index is -0.00000000121. The molecule has 0 aromatic carbocycles. The van der Waals surface area contributed by atoms with E-state index in [-0.39, 0.29) is 148 Å². The van der Waals surface area contributed by atoms with E-state index in [2.05, 4.69) is 0 Å². The van der Waals surface area contributed by atoms with Crippen molar-refractivity contribution in [1.82, 2.24) is 0 Å². The van der Waals surface area contributed by atoms with Gasteiger partial charge in [-0.15, -0.1) is 0 Å². The molecule has 0 bridgehead atoms. The third kappa shape index (κ3) is 65.0. The standard InChI is InChI=1S/AsH3O4.3Ca.Mg.8H/c2-1(3,4)5;;;;;;;;;;;;/h(H3,2,3,4,5);;;;;;;;;;;;/q;4*+2;8*-1. The zero-order valence-corrected chi connectivity index (χ0v) is 14.9. The van der Waals surface area contributed by atoms with Gasteiger partial charge in [0.1, 0.15) is 0 Å². The molecule has 0 aliphatic heterocycles. The van der Waals surface area contributed by atoms with Crippen molar-refractivity contribution in [2.24, 2.45) is 0 Å². The van der Waals surface area contributed by atoms with Gasteiger partial charge in [-0.1, -0.05) is 0 Å². The number of hydrogen-bond acceptors (Lipinski definition) is 1. The smallest absolute Gasteiger partial charge is 1.00 e. The Morgan fingerprint density at radius 3 is 1.00 bits per heavy atom. The van der Waals surface area contributed by atoms with Crippen LogP contribution in [0.25, 0.3) is 0 Å². The van der Waals surface area contributed by atoms with Crippen LogP contribution < -0.4 is 0 Å². The van der Waals surface area contributed by atoms with Crippen LogP contribution in [0.5, 0.6) is 0 Å². The summed E-state index contributed by atoms with van der Waals surface area (Å²) in [6.45, 7) is 0. The first-order valence-corrected chi connectivity index (χ1v) is 4.07. The molecule has 0 saturated carbocycles. The van der Waals surface area contributed by atoms with Gasteiger partial charge in [0.05, 0.1) is 0 Å². The van der Waals surface area contributed by atoms with Crippen LogP contribution in [0.4, 0.5) is 0 Å². The molecule has 0 aliphatic rings.